The number of nitrogens with one attached hydrogen (secondary N) is 2. The normalized spacial score (nSPS) is 10.9. The summed E-state index contributed by atoms with van der Waals surface area (Å²) < 4.78 is 11.1. The van der Waals surface area contributed by atoms with Crippen molar-refractivity contribution in [2.24, 2.45) is 10.2 Å². The fourth-order valence-electron chi connectivity index (χ4n) is 2.97. The molecule has 0 aliphatic heterocycles. The molecule has 3 rings (SSSR count). The van der Waals surface area contributed by atoms with Crippen LogP contribution in [0.2, 0.25) is 0 Å². The molecule has 8 nitrogen and oxygen atoms in total. The van der Waals surface area contributed by atoms with Crippen molar-refractivity contribution in [3.05, 3.63) is 95.1 Å². The molecular weight excluding hydrogens is 432 g/mol. The van der Waals surface area contributed by atoms with Gasteiger partial charge in [-0.15, -0.1) is 0 Å². The summed E-state index contributed by atoms with van der Waals surface area (Å²) in [6, 6.07) is 21.0. The van der Waals surface area contributed by atoms with Crippen molar-refractivity contribution in [1.82, 2.24) is 10.9 Å². The van der Waals surface area contributed by atoms with Crippen LogP contribution in [0.5, 0.6) is 11.5 Å². The van der Waals surface area contributed by atoms with Crippen molar-refractivity contribution in [3.63, 3.8) is 0 Å². The van der Waals surface area contributed by atoms with Crippen LogP contribution in [0.4, 0.5) is 0 Å². The molecule has 0 saturated carbocycles. The first-order valence-electron chi connectivity index (χ1n) is 10.8. The number of ether oxygens (including phenoxy) is 2. The van der Waals surface area contributed by atoms with Gasteiger partial charge >= 0.3 is 0 Å². The van der Waals surface area contributed by atoms with E-state index >= 15 is 0 Å². The molecule has 0 unspecified atom stereocenters. The van der Waals surface area contributed by atoms with Gasteiger partial charge in [0.25, 0.3) is 11.8 Å². The zero-order valence-electron chi connectivity index (χ0n) is 19.0. The second kappa shape index (κ2) is 12.5. The highest BCUT2D eigenvalue weighted by molar-refractivity contribution is 5.98. The molecule has 0 aliphatic carbocycles. The average Bonchev–Trinajstić information content (AvgIpc) is 2.86. The van der Waals surface area contributed by atoms with Gasteiger partial charge in [-0.05, 0) is 62.4 Å². The molecule has 0 saturated heterocycles. The highest BCUT2D eigenvalue weighted by atomic mass is 16.5. The van der Waals surface area contributed by atoms with Gasteiger partial charge in [0, 0.05) is 22.3 Å². The van der Waals surface area contributed by atoms with E-state index in [0.29, 0.717) is 35.8 Å². The summed E-state index contributed by atoms with van der Waals surface area (Å²) in [6.07, 6.45) is 3.04. The highest BCUT2D eigenvalue weighted by Gasteiger charge is 2.08. The largest absolute Gasteiger partial charge is 0.493 e. The second-order valence-corrected chi connectivity index (χ2v) is 6.92. The standard InChI is InChI=1S/C26H26N4O4/c1-3-33-23-11-7-5-9-21(23)17-27-29-25(31)19-13-15-20(16-14-19)26(32)30-28-18-22-10-6-8-12-24(22)34-4-2/h5-18H,3-4H2,1-2H3,(H,29,31)(H,30,32)/b27-17+,28-18+. The number of nitrogens with zero attached hydrogens (tertiary/aromatic N) is 2. The van der Waals surface area contributed by atoms with Gasteiger partial charge in [-0.1, -0.05) is 24.3 Å². The van der Waals surface area contributed by atoms with Gasteiger partial charge in [0.15, 0.2) is 0 Å². The van der Waals surface area contributed by atoms with Crippen molar-refractivity contribution >= 4 is 24.2 Å². The Kier molecular flexibility index (Phi) is 8.92. The monoisotopic (exact) mass is 458 g/mol. The van der Waals surface area contributed by atoms with Crippen molar-refractivity contribution in [3.8, 4) is 11.5 Å². The Hall–Kier alpha value is -4.46. The molecule has 2 amide bonds. The van der Waals surface area contributed by atoms with Gasteiger partial charge < -0.3 is 9.47 Å². The van der Waals surface area contributed by atoms with Crippen LogP contribution in [0, 0.1) is 0 Å². The lowest BCUT2D eigenvalue weighted by Gasteiger charge is -2.06. The smallest absolute Gasteiger partial charge is 0.271 e. The minimum Gasteiger partial charge on any atom is -0.493 e. The van der Waals surface area contributed by atoms with Crippen molar-refractivity contribution in [2.45, 2.75) is 13.8 Å². The van der Waals surface area contributed by atoms with Crippen LogP contribution < -0.4 is 20.3 Å². The van der Waals surface area contributed by atoms with Gasteiger partial charge in [0.05, 0.1) is 25.6 Å². The van der Waals surface area contributed by atoms with E-state index < -0.39 is 11.8 Å². The summed E-state index contributed by atoms with van der Waals surface area (Å²) in [5.41, 5.74) is 7.17. The minimum absolute atomic E-state index is 0.362. The molecule has 0 radical (unpaired) electrons. The first-order valence-corrected chi connectivity index (χ1v) is 10.8. The molecule has 8 heteroatoms. The minimum atomic E-state index is -0.400. The Morgan fingerprint density at radius 3 is 1.44 bits per heavy atom. The SMILES string of the molecule is CCOc1ccccc1/C=N/NC(=O)c1ccc(C(=O)N/N=C/c2ccccc2OCC)cc1. The number of rotatable bonds is 10. The molecule has 174 valence electrons. The maximum atomic E-state index is 12.3. The van der Waals surface area contributed by atoms with E-state index in [2.05, 4.69) is 21.1 Å². The Balaban J connectivity index is 1.56. The van der Waals surface area contributed by atoms with E-state index in [1.807, 2.05) is 62.4 Å². The molecule has 0 aliphatic rings. The second-order valence-electron chi connectivity index (χ2n) is 6.92. The van der Waals surface area contributed by atoms with E-state index in [4.69, 9.17) is 9.47 Å². The molecule has 0 heterocycles. The van der Waals surface area contributed by atoms with Crippen molar-refractivity contribution in [1.29, 1.82) is 0 Å². The molecule has 0 aromatic heterocycles. The number of hydrazone groups is 2. The van der Waals surface area contributed by atoms with Gasteiger partial charge in [0.2, 0.25) is 0 Å². The fraction of sp³-hybridized carbons (Fsp3) is 0.154. The van der Waals surface area contributed by atoms with E-state index in [1.54, 1.807) is 24.3 Å². The quantitative estimate of drug-likeness (QED) is 0.354. The first-order chi connectivity index (χ1) is 16.6. The summed E-state index contributed by atoms with van der Waals surface area (Å²) in [4.78, 5) is 24.7. The third-order valence-corrected chi connectivity index (χ3v) is 4.59. The molecular formula is C26H26N4O4. The van der Waals surface area contributed by atoms with E-state index in [-0.39, 0.29) is 0 Å². The third-order valence-electron chi connectivity index (χ3n) is 4.59. The van der Waals surface area contributed by atoms with Crippen LogP contribution >= 0.6 is 0 Å². The molecule has 0 atom stereocenters. The van der Waals surface area contributed by atoms with Crippen LogP contribution in [0.15, 0.2) is 83.0 Å². The topological polar surface area (TPSA) is 101 Å². The average molecular weight is 459 g/mol. The molecule has 2 N–H and O–H groups in total. The number of hydrogen-bond acceptors (Lipinski definition) is 6. The Morgan fingerprint density at radius 1 is 0.676 bits per heavy atom. The van der Waals surface area contributed by atoms with Gasteiger partial charge in [-0.3, -0.25) is 9.59 Å². The molecule has 0 bridgehead atoms. The summed E-state index contributed by atoms with van der Waals surface area (Å²) in [7, 11) is 0. The lowest BCUT2D eigenvalue weighted by atomic mass is 10.1. The zero-order valence-corrected chi connectivity index (χ0v) is 19.0. The molecule has 0 spiro atoms. The van der Waals surface area contributed by atoms with Crippen LogP contribution in [-0.4, -0.2) is 37.5 Å². The Bertz CT molecular complexity index is 1080. The van der Waals surface area contributed by atoms with Crippen LogP contribution in [-0.2, 0) is 0 Å². The number of carbonyl (C=O) groups excluding carboxylic acids is 2. The van der Waals surface area contributed by atoms with Crippen LogP contribution in [0.3, 0.4) is 0 Å². The highest BCUT2D eigenvalue weighted by Crippen LogP contribution is 2.16. The summed E-state index contributed by atoms with van der Waals surface area (Å²) in [5.74, 6) is 0.565. The van der Waals surface area contributed by atoms with Gasteiger partial charge in [-0.25, -0.2) is 10.9 Å². The molecule has 0 fully saturated rings. The lowest BCUT2D eigenvalue weighted by Crippen LogP contribution is -2.19. The maximum Gasteiger partial charge on any atom is 0.271 e. The van der Waals surface area contributed by atoms with Crippen LogP contribution in [0.1, 0.15) is 45.7 Å². The third kappa shape index (κ3) is 6.77. The molecule has 34 heavy (non-hydrogen) atoms. The number of hydrogen-bond donors (Lipinski definition) is 2. The maximum absolute atomic E-state index is 12.3. The van der Waals surface area contributed by atoms with Crippen molar-refractivity contribution in [2.75, 3.05) is 13.2 Å². The number of para-hydroxylation sites is 2. The van der Waals surface area contributed by atoms with Gasteiger partial charge in [-0.2, -0.15) is 10.2 Å². The fourth-order valence-corrected chi connectivity index (χ4v) is 2.97. The number of amides is 2. The first kappa shape index (κ1) is 24.2. The summed E-state index contributed by atoms with van der Waals surface area (Å²) in [5, 5.41) is 7.99. The Morgan fingerprint density at radius 2 is 1.06 bits per heavy atom. The van der Waals surface area contributed by atoms with Gasteiger partial charge in [0.1, 0.15) is 11.5 Å². The lowest BCUT2D eigenvalue weighted by molar-refractivity contribution is 0.0943. The molecule has 3 aromatic rings. The number of benzene rings is 3. The molecule has 3 aromatic carbocycles. The van der Waals surface area contributed by atoms with Crippen LogP contribution in [0.25, 0.3) is 0 Å². The van der Waals surface area contributed by atoms with E-state index in [1.165, 1.54) is 12.4 Å². The Labute approximate surface area is 198 Å². The summed E-state index contributed by atoms with van der Waals surface area (Å²) >= 11 is 0. The number of carbonyl (C=O) groups is 2. The van der Waals surface area contributed by atoms with Crippen molar-refractivity contribution < 1.29 is 19.1 Å². The predicted molar refractivity (Wildman–Crippen MR) is 132 cm³/mol. The predicted octanol–water partition coefficient (Wildman–Crippen LogP) is 4.01. The summed E-state index contributed by atoms with van der Waals surface area (Å²) in [6.45, 7) is 4.85. The zero-order chi connectivity index (χ0) is 24.2. The van der Waals surface area contributed by atoms with E-state index in [9.17, 15) is 9.59 Å². The van der Waals surface area contributed by atoms with E-state index in [0.717, 1.165) is 11.1 Å².